The van der Waals surface area contributed by atoms with E-state index in [1.165, 1.54) is 0 Å². The van der Waals surface area contributed by atoms with Crippen LogP contribution in [0.4, 0.5) is 10.5 Å². The van der Waals surface area contributed by atoms with Crippen molar-refractivity contribution < 1.29 is 14.4 Å². The van der Waals surface area contributed by atoms with Crippen LogP contribution in [0.5, 0.6) is 0 Å². The van der Waals surface area contributed by atoms with Crippen molar-refractivity contribution >= 4 is 35.1 Å². The lowest BCUT2D eigenvalue weighted by atomic mass is 10.1. The molecule has 3 rings (SSSR count). The highest BCUT2D eigenvalue weighted by Crippen LogP contribution is 2.21. The first-order valence-electron chi connectivity index (χ1n) is 9.36. The molecule has 2 aliphatic rings. The summed E-state index contributed by atoms with van der Waals surface area (Å²) < 4.78 is 0. The number of urea groups is 1. The van der Waals surface area contributed by atoms with Gasteiger partial charge in [0.15, 0.2) is 0 Å². The molecule has 0 aliphatic carbocycles. The number of nitrogens with zero attached hydrogens (tertiary/aromatic N) is 3. The molecule has 1 aromatic rings. The van der Waals surface area contributed by atoms with Gasteiger partial charge in [-0.15, -0.1) is 0 Å². The van der Waals surface area contributed by atoms with E-state index in [4.69, 9.17) is 11.6 Å². The van der Waals surface area contributed by atoms with Crippen molar-refractivity contribution in [2.24, 2.45) is 5.92 Å². The molecule has 0 radical (unpaired) electrons. The second kappa shape index (κ2) is 8.61. The van der Waals surface area contributed by atoms with Crippen LogP contribution < -0.4 is 5.32 Å². The predicted molar refractivity (Wildman–Crippen MR) is 104 cm³/mol. The first-order valence-corrected chi connectivity index (χ1v) is 9.73. The Morgan fingerprint density at radius 2 is 1.89 bits per heavy atom. The van der Waals surface area contributed by atoms with Crippen LogP contribution in [0.2, 0.25) is 5.02 Å². The van der Waals surface area contributed by atoms with E-state index in [9.17, 15) is 14.4 Å². The summed E-state index contributed by atoms with van der Waals surface area (Å²) >= 11 is 5.93. The Hall–Kier alpha value is -2.28. The van der Waals surface area contributed by atoms with Gasteiger partial charge in [-0.2, -0.15) is 0 Å². The van der Waals surface area contributed by atoms with E-state index in [0.717, 1.165) is 6.42 Å². The third kappa shape index (κ3) is 4.71. The monoisotopic (exact) mass is 392 g/mol. The number of carbonyl (C=O) groups excluding carboxylic acids is 3. The molecule has 0 saturated carbocycles. The number of piperazine rings is 1. The fourth-order valence-electron chi connectivity index (χ4n) is 3.58. The summed E-state index contributed by atoms with van der Waals surface area (Å²) in [5.41, 5.74) is 0.645. The van der Waals surface area contributed by atoms with Crippen LogP contribution >= 0.6 is 11.6 Å². The predicted octanol–water partition coefficient (Wildman–Crippen LogP) is 2.27. The van der Waals surface area contributed by atoms with Crippen molar-refractivity contribution in [3.8, 4) is 0 Å². The normalized spacial score (nSPS) is 20.1. The van der Waals surface area contributed by atoms with Crippen molar-refractivity contribution in [3.63, 3.8) is 0 Å². The van der Waals surface area contributed by atoms with Gasteiger partial charge in [0.25, 0.3) is 0 Å². The Kier molecular flexibility index (Phi) is 6.21. The highest BCUT2D eigenvalue weighted by atomic mass is 35.5. The van der Waals surface area contributed by atoms with Crippen LogP contribution in [0.1, 0.15) is 19.8 Å². The van der Waals surface area contributed by atoms with E-state index < -0.39 is 0 Å². The van der Waals surface area contributed by atoms with Crippen LogP contribution in [-0.4, -0.2) is 71.8 Å². The van der Waals surface area contributed by atoms with Crippen molar-refractivity contribution in [1.82, 2.24) is 14.7 Å². The average molecular weight is 393 g/mol. The first-order chi connectivity index (χ1) is 13.0. The number of amides is 4. The number of carbonyl (C=O) groups is 3. The van der Waals surface area contributed by atoms with Gasteiger partial charge >= 0.3 is 6.03 Å². The second-order valence-electron chi connectivity index (χ2n) is 6.99. The van der Waals surface area contributed by atoms with E-state index in [1.54, 1.807) is 39.0 Å². The number of hydrogen-bond acceptors (Lipinski definition) is 3. The molecule has 8 heteroatoms. The van der Waals surface area contributed by atoms with Crippen molar-refractivity contribution in [2.75, 3.05) is 44.6 Å². The van der Waals surface area contributed by atoms with Crippen LogP contribution in [0, 0.1) is 5.92 Å². The maximum absolute atomic E-state index is 12.7. The molecular formula is C19H25ClN4O3. The molecule has 0 aromatic heterocycles. The molecule has 146 valence electrons. The molecule has 2 heterocycles. The number of anilines is 1. The molecule has 2 fully saturated rings. The Balaban J connectivity index is 1.49. The minimum absolute atomic E-state index is 0.0249. The van der Waals surface area contributed by atoms with Gasteiger partial charge in [-0.05, 0) is 24.6 Å². The number of likely N-dealkylation sites (tertiary alicyclic amines) is 1. The highest BCUT2D eigenvalue weighted by molar-refractivity contribution is 6.30. The zero-order chi connectivity index (χ0) is 19.4. The molecule has 1 aromatic carbocycles. The lowest BCUT2D eigenvalue weighted by molar-refractivity contribution is -0.137. The lowest BCUT2D eigenvalue weighted by Crippen LogP contribution is -2.53. The summed E-state index contributed by atoms with van der Waals surface area (Å²) in [4.78, 5) is 42.3. The van der Waals surface area contributed by atoms with Gasteiger partial charge in [0.1, 0.15) is 0 Å². The molecule has 1 N–H and O–H groups in total. The zero-order valence-electron chi connectivity index (χ0n) is 15.5. The molecule has 0 spiro atoms. The van der Waals surface area contributed by atoms with Crippen LogP contribution in [0.15, 0.2) is 24.3 Å². The quantitative estimate of drug-likeness (QED) is 0.854. The topological polar surface area (TPSA) is 73.0 Å². The Morgan fingerprint density at radius 3 is 2.56 bits per heavy atom. The van der Waals surface area contributed by atoms with Gasteiger partial charge in [0, 0.05) is 56.4 Å². The lowest BCUT2D eigenvalue weighted by Gasteiger charge is -2.35. The van der Waals surface area contributed by atoms with Gasteiger partial charge in [0.2, 0.25) is 11.8 Å². The Labute approximate surface area is 164 Å². The Morgan fingerprint density at radius 1 is 1.19 bits per heavy atom. The third-order valence-corrected chi connectivity index (χ3v) is 5.25. The van der Waals surface area contributed by atoms with E-state index in [1.807, 2.05) is 6.92 Å². The molecule has 0 bridgehead atoms. The first kappa shape index (κ1) is 19.5. The van der Waals surface area contributed by atoms with Gasteiger partial charge < -0.3 is 20.0 Å². The van der Waals surface area contributed by atoms with Crippen LogP contribution in [0.25, 0.3) is 0 Å². The maximum Gasteiger partial charge on any atom is 0.321 e. The summed E-state index contributed by atoms with van der Waals surface area (Å²) in [5.74, 6) is -0.164. The summed E-state index contributed by atoms with van der Waals surface area (Å²) in [6.07, 6.45) is 1.20. The zero-order valence-corrected chi connectivity index (χ0v) is 16.2. The van der Waals surface area contributed by atoms with Gasteiger partial charge in [-0.3, -0.25) is 9.59 Å². The van der Waals surface area contributed by atoms with E-state index in [2.05, 4.69) is 5.32 Å². The van der Waals surface area contributed by atoms with Crippen molar-refractivity contribution in [1.29, 1.82) is 0 Å². The average Bonchev–Trinajstić information content (AvgIpc) is 3.02. The van der Waals surface area contributed by atoms with E-state index in [0.29, 0.717) is 56.4 Å². The molecule has 2 saturated heterocycles. The number of benzene rings is 1. The van der Waals surface area contributed by atoms with Crippen molar-refractivity contribution in [3.05, 3.63) is 29.3 Å². The van der Waals surface area contributed by atoms with Crippen LogP contribution in [0.3, 0.4) is 0 Å². The largest absolute Gasteiger partial charge is 0.342 e. The summed E-state index contributed by atoms with van der Waals surface area (Å²) in [6.45, 7) is 5.16. The fourth-order valence-corrected chi connectivity index (χ4v) is 3.77. The second-order valence-corrected chi connectivity index (χ2v) is 7.43. The molecule has 7 nitrogen and oxygen atoms in total. The molecular weight excluding hydrogens is 368 g/mol. The van der Waals surface area contributed by atoms with E-state index >= 15 is 0 Å². The standard InChI is InChI=1S/C19H25ClN4O3/c1-2-6-24-13-14(11-17(24)25)18(26)22-7-9-23(10-8-22)19(27)21-16-5-3-4-15(20)12-16/h3-5,12,14H,2,6-11,13H2,1H3,(H,21,27). The molecule has 4 amide bonds. The number of nitrogens with one attached hydrogen (secondary N) is 1. The number of hydrogen-bond donors (Lipinski definition) is 1. The van der Waals surface area contributed by atoms with Gasteiger partial charge in [0.05, 0.1) is 5.92 Å². The fraction of sp³-hybridized carbons (Fsp3) is 0.526. The molecule has 27 heavy (non-hydrogen) atoms. The summed E-state index contributed by atoms with van der Waals surface area (Å²) in [5, 5.41) is 3.39. The minimum atomic E-state index is -0.254. The summed E-state index contributed by atoms with van der Waals surface area (Å²) in [7, 11) is 0. The van der Waals surface area contributed by atoms with Gasteiger partial charge in [-0.25, -0.2) is 4.79 Å². The third-order valence-electron chi connectivity index (χ3n) is 5.01. The van der Waals surface area contributed by atoms with Crippen molar-refractivity contribution in [2.45, 2.75) is 19.8 Å². The Bertz CT molecular complexity index is 719. The van der Waals surface area contributed by atoms with E-state index in [-0.39, 0.29) is 23.8 Å². The molecule has 2 aliphatic heterocycles. The minimum Gasteiger partial charge on any atom is -0.342 e. The van der Waals surface area contributed by atoms with Crippen LogP contribution in [-0.2, 0) is 9.59 Å². The smallest absolute Gasteiger partial charge is 0.321 e. The highest BCUT2D eigenvalue weighted by Gasteiger charge is 2.37. The number of rotatable bonds is 4. The SMILES string of the molecule is CCCN1CC(C(=O)N2CCN(C(=O)Nc3cccc(Cl)c3)CC2)CC1=O. The van der Waals surface area contributed by atoms with Gasteiger partial charge in [-0.1, -0.05) is 24.6 Å². The number of halogens is 1. The molecule has 1 unspecified atom stereocenters. The summed E-state index contributed by atoms with van der Waals surface area (Å²) in [6, 6.07) is 6.80. The maximum atomic E-state index is 12.7. The molecule has 1 atom stereocenters.